The minimum atomic E-state index is 0.140. The Morgan fingerprint density at radius 3 is 2.33 bits per heavy atom. The van der Waals surface area contributed by atoms with Gasteiger partial charge in [-0.3, -0.25) is 0 Å². The fraction of sp³-hybridized carbons (Fsp3) is 0.412. The van der Waals surface area contributed by atoms with Crippen LogP contribution in [0.1, 0.15) is 57.6 Å². The van der Waals surface area contributed by atoms with E-state index < -0.39 is 0 Å². The fourth-order valence-corrected chi connectivity index (χ4v) is 5.46. The van der Waals surface area contributed by atoms with Crippen molar-refractivity contribution >= 4 is 22.7 Å². The first-order chi connectivity index (χ1) is 19.2. The lowest BCUT2D eigenvalue weighted by Crippen LogP contribution is -2.31. The summed E-state index contributed by atoms with van der Waals surface area (Å²) < 4.78 is 6.14. The molecule has 0 radical (unpaired) electrons. The standard InChI is InChI=1S/C34H43N5O/c1-34(2,3)26-15-19-28(20-16-26)40-29-10-8-9-25(21-29)23-35-22-24-13-17-27(18-14-24)36-33-37-31-12-7-6-11-30(31)32(38-33)39(4)5/h6-12,15-16,19-21,24,27,35H,13-14,17-18,22-23H2,1-5H3,(H,36,37,38). The number of para-hydroxylation sites is 1. The molecule has 0 unspecified atom stereocenters. The van der Waals surface area contributed by atoms with E-state index in [9.17, 15) is 0 Å². The maximum atomic E-state index is 6.14. The molecular weight excluding hydrogens is 494 g/mol. The van der Waals surface area contributed by atoms with Crippen LogP contribution in [0.5, 0.6) is 11.5 Å². The van der Waals surface area contributed by atoms with Crippen LogP contribution in [-0.2, 0) is 12.0 Å². The summed E-state index contributed by atoms with van der Waals surface area (Å²) in [4.78, 5) is 11.7. The van der Waals surface area contributed by atoms with Crippen molar-refractivity contribution in [3.63, 3.8) is 0 Å². The van der Waals surface area contributed by atoms with Crippen molar-refractivity contribution < 1.29 is 4.74 Å². The summed E-state index contributed by atoms with van der Waals surface area (Å²) in [5.41, 5.74) is 3.67. The minimum absolute atomic E-state index is 0.140. The van der Waals surface area contributed by atoms with Crippen molar-refractivity contribution in [3.8, 4) is 11.5 Å². The molecule has 1 aliphatic carbocycles. The lowest BCUT2D eigenvalue weighted by atomic mass is 9.86. The zero-order chi connectivity index (χ0) is 28.1. The molecule has 0 aliphatic heterocycles. The van der Waals surface area contributed by atoms with Gasteiger partial charge in [-0.05, 0) is 91.1 Å². The molecule has 0 saturated heterocycles. The molecule has 1 aromatic heterocycles. The summed E-state index contributed by atoms with van der Waals surface area (Å²) in [5, 5.41) is 8.39. The lowest BCUT2D eigenvalue weighted by Gasteiger charge is -2.29. The number of hydrogen-bond donors (Lipinski definition) is 2. The molecule has 0 spiro atoms. The van der Waals surface area contributed by atoms with Crippen LogP contribution in [0.3, 0.4) is 0 Å². The van der Waals surface area contributed by atoms with Crippen LogP contribution in [0, 0.1) is 5.92 Å². The van der Waals surface area contributed by atoms with Crippen molar-refractivity contribution in [2.24, 2.45) is 5.92 Å². The van der Waals surface area contributed by atoms with Gasteiger partial charge in [-0.15, -0.1) is 0 Å². The van der Waals surface area contributed by atoms with Gasteiger partial charge in [-0.2, -0.15) is 4.98 Å². The number of aromatic nitrogens is 2. The summed E-state index contributed by atoms with van der Waals surface area (Å²) in [6, 6.07) is 25.5. The monoisotopic (exact) mass is 537 g/mol. The zero-order valence-electron chi connectivity index (χ0n) is 24.6. The Labute approximate surface area is 239 Å². The number of anilines is 2. The van der Waals surface area contributed by atoms with Crippen LogP contribution in [0.2, 0.25) is 0 Å². The average molecular weight is 538 g/mol. The first-order valence-electron chi connectivity index (χ1n) is 14.5. The molecule has 40 heavy (non-hydrogen) atoms. The van der Waals surface area contributed by atoms with E-state index in [2.05, 4.69) is 90.9 Å². The van der Waals surface area contributed by atoms with Gasteiger partial charge in [0.1, 0.15) is 17.3 Å². The largest absolute Gasteiger partial charge is 0.457 e. The second-order valence-corrected chi connectivity index (χ2v) is 12.3. The molecule has 3 aromatic carbocycles. The Kier molecular flexibility index (Phi) is 8.55. The predicted molar refractivity (Wildman–Crippen MR) is 167 cm³/mol. The van der Waals surface area contributed by atoms with Gasteiger partial charge in [-0.1, -0.05) is 57.2 Å². The molecule has 1 aliphatic rings. The van der Waals surface area contributed by atoms with E-state index in [1.807, 2.05) is 32.3 Å². The Hall–Kier alpha value is -3.64. The molecule has 1 fully saturated rings. The van der Waals surface area contributed by atoms with Crippen LogP contribution >= 0.6 is 0 Å². The number of benzene rings is 3. The first kappa shape index (κ1) is 27.9. The Morgan fingerprint density at radius 2 is 1.60 bits per heavy atom. The highest BCUT2D eigenvalue weighted by molar-refractivity contribution is 5.90. The van der Waals surface area contributed by atoms with Crippen LogP contribution < -0.4 is 20.3 Å². The summed E-state index contributed by atoms with van der Waals surface area (Å²) >= 11 is 0. The molecule has 0 amide bonds. The van der Waals surface area contributed by atoms with Gasteiger partial charge < -0.3 is 20.3 Å². The van der Waals surface area contributed by atoms with E-state index in [0.717, 1.165) is 60.1 Å². The number of fused-ring (bicyclic) bond motifs is 1. The normalized spacial score (nSPS) is 17.5. The summed E-state index contributed by atoms with van der Waals surface area (Å²) in [6.45, 7) is 8.55. The van der Waals surface area contributed by atoms with Gasteiger partial charge in [0.25, 0.3) is 0 Å². The number of hydrogen-bond acceptors (Lipinski definition) is 6. The van der Waals surface area contributed by atoms with E-state index in [1.165, 1.54) is 24.0 Å². The maximum Gasteiger partial charge on any atom is 0.225 e. The molecular formula is C34H43N5O. The molecule has 5 rings (SSSR count). The van der Waals surface area contributed by atoms with Crippen LogP contribution in [0.4, 0.5) is 11.8 Å². The molecule has 4 aromatic rings. The topological polar surface area (TPSA) is 62.3 Å². The molecule has 6 heteroatoms. The highest BCUT2D eigenvalue weighted by Crippen LogP contribution is 2.29. The summed E-state index contributed by atoms with van der Waals surface area (Å²) in [5.74, 6) is 4.13. The predicted octanol–water partition coefficient (Wildman–Crippen LogP) is 7.55. The van der Waals surface area contributed by atoms with Gasteiger partial charge in [0.15, 0.2) is 0 Å². The van der Waals surface area contributed by atoms with Gasteiger partial charge in [-0.25, -0.2) is 4.98 Å². The minimum Gasteiger partial charge on any atom is -0.457 e. The van der Waals surface area contributed by atoms with Crippen LogP contribution in [-0.4, -0.2) is 36.6 Å². The van der Waals surface area contributed by atoms with Crippen molar-refractivity contribution in [1.82, 2.24) is 15.3 Å². The van der Waals surface area contributed by atoms with Gasteiger partial charge in [0, 0.05) is 32.1 Å². The van der Waals surface area contributed by atoms with Crippen molar-refractivity contribution in [2.75, 3.05) is 30.9 Å². The Balaban J connectivity index is 1.08. The number of nitrogens with zero attached hydrogens (tertiary/aromatic N) is 3. The Morgan fingerprint density at radius 1 is 0.850 bits per heavy atom. The molecule has 2 N–H and O–H groups in total. The molecule has 6 nitrogen and oxygen atoms in total. The molecule has 210 valence electrons. The quantitative estimate of drug-likeness (QED) is 0.230. The van der Waals surface area contributed by atoms with Crippen molar-refractivity contribution in [1.29, 1.82) is 0 Å². The highest BCUT2D eigenvalue weighted by Gasteiger charge is 2.22. The van der Waals surface area contributed by atoms with Crippen molar-refractivity contribution in [2.45, 2.75) is 64.5 Å². The number of rotatable bonds is 9. The average Bonchev–Trinajstić information content (AvgIpc) is 2.93. The van der Waals surface area contributed by atoms with Crippen LogP contribution in [0.25, 0.3) is 10.9 Å². The summed E-state index contributed by atoms with van der Waals surface area (Å²) in [6.07, 6.45) is 4.67. The SMILES string of the molecule is CN(C)c1nc(NC2CCC(CNCc3cccc(Oc4ccc(C(C)(C)C)cc4)c3)CC2)nc2ccccc12. The van der Waals surface area contributed by atoms with Gasteiger partial charge >= 0.3 is 0 Å². The van der Waals surface area contributed by atoms with E-state index in [4.69, 9.17) is 14.7 Å². The third kappa shape index (κ3) is 7.11. The number of ether oxygens (including phenoxy) is 1. The number of nitrogens with one attached hydrogen (secondary N) is 2. The zero-order valence-corrected chi connectivity index (χ0v) is 24.6. The van der Waals surface area contributed by atoms with Gasteiger partial charge in [0.05, 0.1) is 5.52 Å². The highest BCUT2D eigenvalue weighted by atomic mass is 16.5. The smallest absolute Gasteiger partial charge is 0.225 e. The maximum absolute atomic E-state index is 6.14. The second-order valence-electron chi connectivity index (χ2n) is 12.3. The lowest BCUT2D eigenvalue weighted by molar-refractivity contribution is 0.323. The molecule has 0 bridgehead atoms. The van der Waals surface area contributed by atoms with E-state index in [1.54, 1.807) is 0 Å². The molecule has 1 saturated carbocycles. The van der Waals surface area contributed by atoms with Crippen LogP contribution in [0.15, 0.2) is 72.8 Å². The van der Waals surface area contributed by atoms with E-state index in [0.29, 0.717) is 12.0 Å². The molecule has 1 heterocycles. The third-order valence-corrected chi connectivity index (χ3v) is 7.80. The molecule has 0 atom stereocenters. The third-order valence-electron chi connectivity index (χ3n) is 7.80. The van der Waals surface area contributed by atoms with Gasteiger partial charge in [0.2, 0.25) is 5.95 Å². The van der Waals surface area contributed by atoms with E-state index in [-0.39, 0.29) is 5.41 Å². The Bertz CT molecular complexity index is 1400. The fourth-order valence-electron chi connectivity index (χ4n) is 5.46. The van der Waals surface area contributed by atoms with E-state index >= 15 is 0 Å². The first-order valence-corrected chi connectivity index (χ1v) is 14.5. The van der Waals surface area contributed by atoms with Crippen molar-refractivity contribution in [3.05, 3.63) is 83.9 Å². The second kappa shape index (κ2) is 12.3. The summed E-state index contributed by atoms with van der Waals surface area (Å²) in [7, 11) is 4.07.